The van der Waals surface area contributed by atoms with E-state index >= 15 is 0 Å². The molecule has 0 atom stereocenters. The highest BCUT2D eigenvalue weighted by Gasteiger charge is 2.12. The first-order chi connectivity index (χ1) is 11.3. The summed E-state index contributed by atoms with van der Waals surface area (Å²) < 4.78 is 29.3. The van der Waals surface area contributed by atoms with Crippen molar-refractivity contribution >= 4 is 23.2 Å². The lowest BCUT2D eigenvalue weighted by Gasteiger charge is -2.13. The zero-order valence-electron chi connectivity index (χ0n) is 13.1. The Morgan fingerprint density at radius 3 is 2.29 bits per heavy atom. The third-order valence-electron chi connectivity index (χ3n) is 3.15. The van der Waals surface area contributed by atoms with Crippen LogP contribution < -0.4 is 15.4 Å². The Labute approximate surface area is 137 Å². The molecule has 7 heteroatoms. The van der Waals surface area contributed by atoms with Gasteiger partial charge in [-0.25, -0.2) is 4.79 Å². The molecule has 24 heavy (non-hydrogen) atoms. The summed E-state index contributed by atoms with van der Waals surface area (Å²) in [6, 6.07) is 10.2. The number of anilines is 2. The third-order valence-corrected chi connectivity index (χ3v) is 3.15. The number of ether oxygens (including phenoxy) is 1. The molecule has 2 rings (SSSR count). The predicted octanol–water partition coefficient (Wildman–Crippen LogP) is 4.44. The second-order valence-corrected chi connectivity index (χ2v) is 5.09. The van der Waals surface area contributed by atoms with E-state index in [-0.39, 0.29) is 17.2 Å². The van der Waals surface area contributed by atoms with Gasteiger partial charge < -0.3 is 15.4 Å². The first-order valence-electron chi connectivity index (χ1n) is 7.09. The average Bonchev–Trinajstić information content (AvgIpc) is 2.50. The standard InChI is InChI=1S/C17H16F2N2O3/c1-10-3-8-14(15(9-10)24-16(18)19)21-17(23)20-13-6-4-12(5-7-13)11(2)22/h3-9,16H,1-2H3,(H2,20,21,23). The van der Waals surface area contributed by atoms with Crippen molar-refractivity contribution in [3.8, 4) is 5.75 Å². The van der Waals surface area contributed by atoms with Crippen molar-refractivity contribution in [1.29, 1.82) is 0 Å². The smallest absolute Gasteiger partial charge is 0.387 e. The largest absolute Gasteiger partial charge is 0.433 e. The van der Waals surface area contributed by atoms with Gasteiger partial charge in [-0.2, -0.15) is 8.78 Å². The Balaban J connectivity index is 2.08. The van der Waals surface area contributed by atoms with Crippen molar-refractivity contribution in [3.63, 3.8) is 0 Å². The summed E-state index contributed by atoms with van der Waals surface area (Å²) in [5.74, 6) is -0.202. The first-order valence-corrected chi connectivity index (χ1v) is 7.09. The molecule has 0 heterocycles. The fraction of sp³-hybridized carbons (Fsp3) is 0.176. The van der Waals surface area contributed by atoms with Gasteiger partial charge >= 0.3 is 12.6 Å². The van der Waals surface area contributed by atoms with E-state index in [9.17, 15) is 18.4 Å². The Morgan fingerprint density at radius 2 is 1.71 bits per heavy atom. The van der Waals surface area contributed by atoms with E-state index in [0.717, 1.165) is 5.56 Å². The minimum atomic E-state index is -2.99. The fourth-order valence-electron chi connectivity index (χ4n) is 2.00. The molecule has 2 N–H and O–H groups in total. The van der Waals surface area contributed by atoms with E-state index in [1.54, 1.807) is 37.3 Å². The van der Waals surface area contributed by atoms with Gasteiger partial charge in [-0.1, -0.05) is 6.07 Å². The number of amides is 2. The van der Waals surface area contributed by atoms with Crippen LogP contribution in [0.4, 0.5) is 25.0 Å². The molecule has 0 aliphatic rings. The van der Waals surface area contributed by atoms with Gasteiger partial charge in [-0.15, -0.1) is 0 Å². The zero-order chi connectivity index (χ0) is 17.7. The molecular formula is C17H16F2N2O3. The molecule has 126 valence electrons. The van der Waals surface area contributed by atoms with Gasteiger partial charge in [-0.3, -0.25) is 4.79 Å². The van der Waals surface area contributed by atoms with Crippen molar-refractivity contribution in [2.45, 2.75) is 20.5 Å². The summed E-state index contributed by atoms with van der Waals surface area (Å²) in [4.78, 5) is 23.2. The summed E-state index contributed by atoms with van der Waals surface area (Å²) in [5, 5.41) is 5.00. The second-order valence-electron chi connectivity index (χ2n) is 5.09. The lowest BCUT2D eigenvalue weighted by molar-refractivity contribution is -0.0493. The Bertz CT molecular complexity index is 746. The molecule has 0 saturated carbocycles. The van der Waals surface area contributed by atoms with Gasteiger partial charge in [0.15, 0.2) is 5.78 Å². The molecule has 0 fully saturated rings. The normalized spacial score (nSPS) is 10.4. The molecule has 0 radical (unpaired) electrons. The number of halogens is 2. The Hall–Kier alpha value is -2.96. The van der Waals surface area contributed by atoms with Crippen LogP contribution in [0.2, 0.25) is 0 Å². The molecule has 0 spiro atoms. The maximum Gasteiger partial charge on any atom is 0.387 e. The molecule has 0 unspecified atom stereocenters. The van der Waals surface area contributed by atoms with Gasteiger partial charge in [0.05, 0.1) is 5.69 Å². The van der Waals surface area contributed by atoms with Gasteiger partial charge in [0.1, 0.15) is 5.75 Å². The number of aryl methyl sites for hydroxylation is 1. The minimum Gasteiger partial charge on any atom is -0.433 e. The maximum absolute atomic E-state index is 12.4. The van der Waals surface area contributed by atoms with Crippen LogP contribution in [0.5, 0.6) is 5.75 Å². The highest BCUT2D eigenvalue weighted by molar-refractivity contribution is 6.01. The predicted molar refractivity (Wildman–Crippen MR) is 86.9 cm³/mol. The second kappa shape index (κ2) is 7.54. The van der Waals surface area contributed by atoms with Crippen LogP contribution in [0.25, 0.3) is 0 Å². The van der Waals surface area contributed by atoms with Crippen LogP contribution in [0.3, 0.4) is 0 Å². The minimum absolute atomic E-state index is 0.0838. The van der Waals surface area contributed by atoms with E-state index in [1.165, 1.54) is 19.1 Å². The molecule has 2 aromatic rings. The molecule has 2 amide bonds. The lowest BCUT2D eigenvalue weighted by Crippen LogP contribution is -2.20. The number of benzene rings is 2. The molecule has 5 nitrogen and oxygen atoms in total. The van der Waals surface area contributed by atoms with E-state index in [4.69, 9.17) is 0 Å². The SMILES string of the molecule is CC(=O)c1ccc(NC(=O)Nc2ccc(C)cc2OC(F)F)cc1. The van der Waals surface area contributed by atoms with Crippen molar-refractivity contribution in [2.24, 2.45) is 0 Å². The monoisotopic (exact) mass is 334 g/mol. The van der Waals surface area contributed by atoms with E-state index < -0.39 is 12.6 Å². The van der Waals surface area contributed by atoms with E-state index in [1.807, 2.05) is 0 Å². The van der Waals surface area contributed by atoms with E-state index in [2.05, 4.69) is 15.4 Å². The molecule has 0 aliphatic heterocycles. The van der Waals surface area contributed by atoms with Crippen molar-refractivity contribution in [3.05, 3.63) is 53.6 Å². The summed E-state index contributed by atoms with van der Waals surface area (Å²) in [5.41, 5.74) is 1.82. The number of alkyl halides is 2. The zero-order valence-corrected chi connectivity index (χ0v) is 13.1. The number of ketones is 1. The molecular weight excluding hydrogens is 318 g/mol. The quantitative estimate of drug-likeness (QED) is 0.794. The number of hydrogen-bond acceptors (Lipinski definition) is 3. The lowest BCUT2D eigenvalue weighted by atomic mass is 10.1. The van der Waals surface area contributed by atoms with Crippen LogP contribution in [-0.4, -0.2) is 18.4 Å². The van der Waals surface area contributed by atoms with Crippen LogP contribution in [0.1, 0.15) is 22.8 Å². The topological polar surface area (TPSA) is 67.4 Å². The van der Waals surface area contributed by atoms with Crippen molar-refractivity contribution in [2.75, 3.05) is 10.6 Å². The van der Waals surface area contributed by atoms with Gasteiger partial charge in [0.25, 0.3) is 0 Å². The van der Waals surface area contributed by atoms with Crippen molar-refractivity contribution < 1.29 is 23.1 Å². The number of rotatable bonds is 5. The number of urea groups is 1. The highest BCUT2D eigenvalue weighted by Crippen LogP contribution is 2.27. The number of Topliss-reactive ketones (excluding diaryl/α,β-unsaturated/α-hetero) is 1. The summed E-state index contributed by atoms with van der Waals surface area (Å²) >= 11 is 0. The molecule has 0 bridgehead atoms. The van der Waals surface area contributed by atoms with Crippen LogP contribution in [-0.2, 0) is 0 Å². The molecule has 0 aromatic heterocycles. The fourth-order valence-corrected chi connectivity index (χ4v) is 2.00. The first kappa shape index (κ1) is 17.4. The van der Waals surface area contributed by atoms with Crippen LogP contribution in [0, 0.1) is 6.92 Å². The summed E-state index contributed by atoms with van der Waals surface area (Å²) in [6.07, 6.45) is 0. The van der Waals surface area contributed by atoms with Crippen LogP contribution >= 0.6 is 0 Å². The number of nitrogens with one attached hydrogen (secondary N) is 2. The van der Waals surface area contributed by atoms with Crippen LogP contribution in [0.15, 0.2) is 42.5 Å². The molecule has 0 aliphatic carbocycles. The number of carbonyl (C=O) groups is 2. The van der Waals surface area contributed by atoms with E-state index in [0.29, 0.717) is 11.3 Å². The maximum atomic E-state index is 12.4. The number of hydrogen-bond donors (Lipinski definition) is 2. The van der Waals surface area contributed by atoms with Gasteiger partial charge in [-0.05, 0) is 55.8 Å². The Morgan fingerprint density at radius 1 is 1.04 bits per heavy atom. The highest BCUT2D eigenvalue weighted by atomic mass is 19.3. The summed E-state index contributed by atoms with van der Waals surface area (Å²) in [7, 11) is 0. The molecule has 2 aromatic carbocycles. The van der Waals surface area contributed by atoms with Gasteiger partial charge in [0.2, 0.25) is 0 Å². The molecule has 0 saturated heterocycles. The Kier molecular flexibility index (Phi) is 5.47. The third kappa shape index (κ3) is 4.77. The number of carbonyl (C=O) groups excluding carboxylic acids is 2. The average molecular weight is 334 g/mol. The van der Waals surface area contributed by atoms with Gasteiger partial charge in [0, 0.05) is 11.3 Å². The van der Waals surface area contributed by atoms with Crippen molar-refractivity contribution in [1.82, 2.24) is 0 Å². The summed E-state index contributed by atoms with van der Waals surface area (Å²) in [6.45, 7) is 0.171.